The van der Waals surface area contributed by atoms with Gasteiger partial charge in [-0.05, 0) is 37.5 Å². The van der Waals surface area contributed by atoms with E-state index in [1.54, 1.807) is 0 Å². The van der Waals surface area contributed by atoms with Crippen LogP contribution in [0.15, 0.2) is 0 Å². The summed E-state index contributed by atoms with van der Waals surface area (Å²) in [6.07, 6.45) is 9.30. The Morgan fingerprint density at radius 1 is 1.12 bits per heavy atom. The van der Waals surface area contributed by atoms with Crippen LogP contribution < -0.4 is 0 Å². The Kier molecular flexibility index (Phi) is 4.26. The SMILES string of the molecule is CCC1CCCCC1C1(O)CCCOCC1. The van der Waals surface area contributed by atoms with E-state index in [0.29, 0.717) is 5.92 Å². The Balaban J connectivity index is 2.06. The van der Waals surface area contributed by atoms with Crippen molar-refractivity contribution in [2.75, 3.05) is 13.2 Å². The molecule has 0 aromatic carbocycles. The van der Waals surface area contributed by atoms with Gasteiger partial charge in [-0.25, -0.2) is 0 Å². The summed E-state index contributed by atoms with van der Waals surface area (Å²) in [6, 6.07) is 0. The van der Waals surface area contributed by atoms with Crippen LogP contribution >= 0.6 is 0 Å². The molecule has 94 valence electrons. The predicted molar refractivity (Wildman–Crippen MR) is 65.4 cm³/mol. The lowest BCUT2D eigenvalue weighted by atomic mass is 9.67. The number of ether oxygens (including phenoxy) is 1. The summed E-state index contributed by atoms with van der Waals surface area (Å²) in [5, 5.41) is 10.9. The van der Waals surface area contributed by atoms with E-state index in [4.69, 9.17) is 4.74 Å². The normalized spacial score (nSPS) is 41.6. The molecule has 1 saturated heterocycles. The highest BCUT2D eigenvalue weighted by atomic mass is 16.5. The van der Waals surface area contributed by atoms with Crippen LogP contribution in [0, 0.1) is 11.8 Å². The largest absolute Gasteiger partial charge is 0.390 e. The zero-order chi connectivity index (χ0) is 11.4. The Morgan fingerprint density at radius 3 is 2.75 bits per heavy atom. The molecular formula is C14H26O2. The summed E-state index contributed by atoms with van der Waals surface area (Å²) in [7, 11) is 0. The fourth-order valence-corrected chi connectivity index (χ4v) is 3.73. The van der Waals surface area contributed by atoms with Crippen LogP contribution in [0.1, 0.15) is 58.3 Å². The number of rotatable bonds is 2. The van der Waals surface area contributed by atoms with Crippen molar-refractivity contribution in [3.63, 3.8) is 0 Å². The summed E-state index contributed by atoms with van der Waals surface area (Å²) in [5.74, 6) is 1.28. The van der Waals surface area contributed by atoms with Crippen LogP contribution in [0.25, 0.3) is 0 Å². The fraction of sp³-hybridized carbons (Fsp3) is 1.00. The minimum atomic E-state index is -0.419. The third-order valence-electron chi connectivity index (χ3n) is 4.70. The first kappa shape index (κ1) is 12.4. The van der Waals surface area contributed by atoms with E-state index in [1.807, 2.05) is 0 Å². The van der Waals surface area contributed by atoms with Crippen molar-refractivity contribution in [1.29, 1.82) is 0 Å². The second-order valence-corrected chi connectivity index (χ2v) is 5.63. The number of aliphatic hydroxyl groups is 1. The zero-order valence-electron chi connectivity index (χ0n) is 10.6. The molecule has 2 aliphatic rings. The predicted octanol–water partition coefficient (Wildman–Crippen LogP) is 3.13. The maximum Gasteiger partial charge on any atom is 0.0701 e. The van der Waals surface area contributed by atoms with Gasteiger partial charge in [0.25, 0.3) is 0 Å². The first-order chi connectivity index (χ1) is 7.76. The van der Waals surface area contributed by atoms with E-state index in [9.17, 15) is 5.11 Å². The molecule has 1 aliphatic heterocycles. The van der Waals surface area contributed by atoms with Gasteiger partial charge in [-0.1, -0.05) is 32.6 Å². The van der Waals surface area contributed by atoms with Crippen molar-refractivity contribution in [1.82, 2.24) is 0 Å². The highest BCUT2D eigenvalue weighted by molar-refractivity contribution is 4.92. The van der Waals surface area contributed by atoms with Crippen molar-refractivity contribution in [3.05, 3.63) is 0 Å². The van der Waals surface area contributed by atoms with Crippen LogP contribution in [-0.2, 0) is 4.74 Å². The molecule has 1 aliphatic carbocycles. The van der Waals surface area contributed by atoms with Crippen LogP contribution in [-0.4, -0.2) is 23.9 Å². The van der Waals surface area contributed by atoms with Gasteiger partial charge >= 0.3 is 0 Å². The molecule has 1 heterocycles. The molecule has 16 heavy (non-hydrogen) atoms. The van der Waals surface area contributed by atoms with Gasteiger partial charge in [0.1, 0.15) is 0 Å². The average molecular weight is 226 g/mol. The lowest BCUT2D eigenvalue weighted by Crippen LogP contribution is -2.43. The van der Waals surface area contributed by atoms with E-state index in [1.165, 1.54) is 32.1 Å². The highest BCUT2D eigenvalue weighted by Gasteiger charge is 2.41. The van der Waals surface area contributed by atoms with Crippen molar-refractivity contribution in [2.24, 2.45) is 11.8 Å². The molecule has 0 bridgehead atoms. The van der Waals surface area contributed by atoms with E-state index in [2.05, 4.69) is 6.92 Å². The summed E-state index contributed by atoms with van der Waals surface area (Å²) < 4.78 is 5.49. The van der Waals surface area contributed by atoms with E-state index in [0.717, 1.165) is 38.4 Å². The van der Waals surface area contributed by atoms with Gasteiger partial charge in [-0.2, -0.15) is 0 Å². The molecule has 3 unspecified atom stereocenters. The summed E-state index contributed by atoms with van der Waals surface area (Å²) in [4.78, 5) is 0. The highest BCUT2D eigenvalue weighted by Crippen LogP contribution is 2.43. The molecule has 3 atom stereocenters. The lowest BCUT2D eigenvalue weighted by Gasteiger charge is -2.42. The third-order valence-corrected chi connectivity index (χ3v) is 4.70. The number of hydrogen-bond donors (Lipinski definition) is 1. The molecule has 2 heteroatoms. The van der Waals surface area contributed by atoms with Crippen molar-refractivity contribution < 1.29 is 9.84 Å². The molecule has 0 aromatic heterocycles. The van der Waals surface area contributed by atoms with Crippen molar-refractivity contribution in [3.8, 4) is 0 Å². The minimum Gasteiger partial charge on any atom is -0.390 e. The van der Waals surface area contributed by atoms with Crippen LogP contribution in [0.3, 0.4) is 0 Å². The molecule has 0 amide bonds. The van der Waals surface area contributed by atoms with E-state index >= 15 is 0 Å². The Labute approximate surface area is 99.4 Å². The molecule has 2 nitrogen and oxygen atoms in total. The van der Waals surface area contributed by atoms with Gasteiger partial charge in [-0.3, -0.25) is 0 Å². The van der Waals surface area contributed by atoms with Gasteiger partial charge in [0.05, 0.1) is 5.60 Å². The average Bonchev–Trinajstić information content (AvgIpc) is 2.55. The Morgan fingerprint density at radius 2 is 1.94 bits per heavy atom. The quantitative estimate of drug-likeness (QED) is 0.784. The minimum absolute atomic E-state index is 0.419. The van der Waals surface area contributed by atoms with Crippen LogP contribution in [0.4, 0.5) is 0 Å². The molecule has 1 saturated carbocycles. The second kappa shape index (κ2) is 5.50. The topological polar surface area (TPSA) is 29.5 Å². The van der Waals surface area contributed by atoms with Gasteiger partial charge in [0.2, 0.25) is 0 Å². The van der Waals surface area contributed by atoms with Crippen molar-refractivity contribution >= 4 is 0 Å². The molecule has 0 spiro atoms. The van der Waals surface area contributed by atoms with E-state index in [-0.39, 0.29) is 0 Å². The molecule has 0 radical (unpaired) electrons. The smallest absolute Gasteiger partial charge is 0.0701 e. The molecule has 0 aromatic rings. The number of hydrogen-bond acceptors (Lipinski definition) is 2. The van der Waals surface area contributed by atoms with E-state index < -0.39 is 5.60 Å². The lowest BCUT2D eigenvalue weighted by molar-refractivity contribution is -0.0710. The molecule has 2 fully saturated rings. The summed E-state index contributed by atoms with van der Waals surface area (Å²) in [5.41, 5.74) is -0.419. The van der Waals surface area contributed by atoms with Gasteiger partial charge in [-0.15, -0.1) is 0 Å². The van der Waals surface area contributed by atoms with Crippen molar-refractivity contribution in [2.45, 2.75) is 63.9 Å². The van der Waals surface area contributed by atoms with Gasteiger partial charge in [0, 0.05) is 13.2 Å². The Bertz CT molecular complexity index is 207. The summed E-state index contributed by atoms with van der Waals surface area (Å²) in [6.45, 7) is 3.87. The van der Waals surface area contributed by atoms with Crippen LogP contribution in [0.2, 0.25) is 0 Å². The maximum absolute atomic E-state index is 10.9. The first-order valence-electron chi connectivity index (χ1n) is 7.06. The second-order valence-electron chi connectivity index (χ2n) is 5.63. The molecule has 2 rings (SSSR count). The monoisotopic (exact) mass is 226 g/mol. The summed E-state index contributed by atoms with van der Waals surface area (Å²) >= 11 is 0. The maximum atomic E-state index is 10.9. The Hall–Kier alpha value is -0.0800. The first-order valence-corrected chi connectivity index (χ1v) is 7.06. The molecular weight excluding hydrogens is 200 g/mol. The van der Waals surface area contributed by atoms with Gasteiger partial charge in [0.15, 0.2) is 0 Å². The van der Waals surface area contributed by atoms with Gasteiger partial charge < -0.3 is 9.84 Å². The third kappa shape index (κ3) is 2.60. The molecule has 1 N–H and O–H groups in total. The fourth-order valence-electron chi connectivity index (χ4n) is 3.73. The standard InChI is InChI=1S/C14H26O2/c1-2-12-6-3-4-7-13(12)14(15)8-5-10-16-11-9-14/h12-13,15H,2-11H2,1H3. The zero-order valence-corrected chi connectivity index (χ0v) is 10.6. The van der Waals surface area contributed by atoms with Crippen LogP contribution in [0.5, 0.6) is 0 Å².